The van der Waals surface area contributed by atoms with Crippen LogP contribution in [0.15, 0.2) is 46.9 Å². The van der Waals surface area contributed by atoms with Gasteiger partial charge in [0.2, 0.25) is 15.9 Å². The van der Waals surface area contributed by atoms with Gasteiger partial charge in [0, 0.05) is 4.47 Å². The number of esters is 1. The van der Waals surface area contributed by atoms with Crippen LogP contribution in [0.4, 0.5) is 4.79 Å². The van der Waals surface area contributed by atoms with Crippen LogP contribution in [0.3, 0.4) is 0 Å². The Hall–Kier alpha value is -3.29. The van der Waals surface area contributed by atoms with E-state index in [2.05, 4.69) is 21.2 Å². The molecule has 1 aromatic heterocycles. The lowest BCUT2D eigenvalue weighted by Gasteiger charge is -2.31. The van der Waals surface area contributed by atoms with Crippen molar-refractivity contribution in [3.05, 3.63) is 63.9 Å². The van der Waals surface area contributed by atoms with Crippen molar-refractivity contribution in [2.75, 3.05) is 6.54 Å². The molecule has 1 aliphatic rings. The smallest absolute Gasteiger partial charge is 0.420 e. The molecule has 0 spiro atoms. The van der Waals surface area contributed by atoms with E-state index < -0.39 is 56.0 Å². The van der Waals surface area contributed by atoms with E-state index in [0.29, 0.717) is 26.9 Å². The number of aromatic nitrogens is 2. The molecular formula is C33H43BrN4O7S. The highest BCUT2D eigenvalue weighted by Crippen LogP contribution is 2.43. The zero-order valence-electron chi connectivity index (χ0n) is 27.8. The standard InChI is InChI=1S/C33H43BrN4O7S/c1-31(2,3)38-27(39)18-26(46(38,42)43)21-15-14-20(16-22(21)34)17-24(35-19-28(40)44-32(4,5)6)29-36-23-12-10-11-13-25(23)37(29)30(41)45-33(7,8)9/h10-16,24,26,35H,17-19H2,1-9H3/t24-,26?/m0/s1. The predicted octanol–water partition coefficient (Wildman–Crippen LogP) is 6.20. The first-order chi connectivity index (χ1) is 21.1. The van der Waals surface area contributed by atoms with Crippen LogP contribution in [-0.4, -0.2) is 63.5 Å². The van der Waals surface area contributed by atoms with E-state index >= 15 is 0 Å². The molecule has 13 heteroatoms. The molecule has 46 heavy (non-hydrogen) atoms. The molecule has 0 saturated carbocycles. The molecule has 4 rings (SSSR count). The molecule has 1 saturated heterocycles. The second kappa shape index (κ2) is 12.7. The molecule has 1 aliphatic heterocycles. The first kappa shape index (κ1) is 35.6. The molecule has 11 nitrogen and oxygen atoms in total. The normalized spacial score (nSPS) is 17.7. The molecule has 1 fully saturated rings. The number of halogens is 1. The summed E-state index contributed by atoms with van der Waals surface area (Å²) in [5.74, 6) is -0.585. The first-order valence-corrected chi connectivity index (χ1v) is 17.4. The Morgan fingerprint density at radius 1 is 1.00 bits per heavy atom. The van der Waals surface area contributed by atoms with Crippen molar-refractivity contribution >= 4 is 55.0 Å². The Bertz CT molecular complexity index is 1760. The molecule has 1 amide bonds. The van der Waals surface area contributed by atoms with Gasteiger partial charge in [0.05, 0.1) is 35.6 Å². The summed E-state index contributed by atoms with van der Waals surface area (Å²) in [6.07, 6.45) is -0.508. The third-order valence-corrected chi connectivity index (χ3v) is 10.1. The van der Waals surface area contributed by atoms with E-state index in [4.69, 9.17) is 14.5 Å². The number of amides is 1. The van der Waals surface area contributed by atoms with Gasteiger partial charge in [-0.05, 0) is 98.1 Å². The summed E-state index contributed by atoms with van der Waals surface area (Å²) in [5.41, 5.74) is 0.00461. The third-order valence-electron chi connectivity index (χ3n) is 7.05. The quantitative estimate of drug-likeness (QED) is 0.283. The monoisotopic (exact) mass is 718 g/mol. The van der Waals surface area contributed by atoms with Gasteiger partial charge in [0.1, 0.15) is 22.3 Å². The van der Waals surface area contributed by atoms with Crippen molar-refractivity contribution in [1.29, 1.82) is 0 Å². The summed E-state index contributed by atoms with van der Waals surface area (Å²) < 4.78 is 41.1. The number of nitrogens with zero attached hydrogens (tertiary/aromatic N) is 3. The molecular weight excluding hydrogens is 676 g/mol. The minimum absolute atomic E-state index is 0.155. The van der Waals surface area contributed by atoms with Gasteiger partial charge in [0.25, 0.3) is 0 Å². The number of carbonyl (C=O) groups excluding carboxylic acids is 3. The highest BCUT2D eigenvalue weighted by molar-refractivity contribution is 9.10. The van der Waals surface area contributed by atoms with Crippen molar-refractivity contribution < 1.29 is 32.3 Å². The second-order valence-corrected chi connectivity index (χ2v) is 17.2. The minimum Gasteiger partial charge on any atom is -0.459 e. The number of imidazole rings is 1. The van der Waals surface area contributed by atoms with Gasteiger partial charge in [-0.2, -0.15) is 0 Å². The van der Waals surface area contributed by atoms with Crippen LogP contribution in [0.2, 0.25) is 0 Å². The molecule has 250 valence electrons. The predicted molar refractivity (Wildman–Crippen MR) is 179 cm³/mol. The van der Waals surface area contributed by atoms with Crippen molar-refractivity contribution in [2.24, 2.45) is 0 Å². The maximum Gasteiger partial charge on any atom is 0.420 e. The van der Waals surface area contributed by atoms with Crippen molar-refractivity contribution in [3.63, 3.8) is 0 Å². The Morgan fingerprint density at radius 2 is 1.63 bits per heavy atom. The largest absolute Gasteiger partial charge is 0.459 e. The number of sulfonamides is 1. The van der Waals surface area contributed by atoms with E-state index in [-0.39, 0.29) is 19.4 Å². The lowest BCUT2D eigenvalue weighted by atomic mass is 10.0. The average molecular weight is 720 g/mol. The van der Waals surface area contributed by atoms with Gasteiger partial charge < -0.3 is 9.47 Å². The fourth-order valence-corrected chi connectivity index (χ4v) is 8.56. The SMILES string of the molecule is CC(C)(C)OC(=O)CN[C@@H](Cc1ccc(C2CC(=O)N(C(C)(C)C)S2(=O)=O)c(Br)c1)c1nc2ccccc2n1C(=O)OC(C)(C)C. The van der Waals surface area contributed by atoms with Crippen LogP contribution in [0.1, 0.15) is 97.0 Å². The summed E-state index contributed by atoms with van der Waals surface area (Å²) >= 11 is 3.56. The molecule has 1 unspecified atom stereocenters. The van der Waals surface area contributed by atoms with Crippen LogP contribution in [0.25, 0.3) is 11.0 Å². The van der Waals surface area contributed by atoms with Crippen molar-refractivity contribution in [1.82, 2.24) is 19.2 Å². The van der Waals surface area contributed by atoms with Crippen molar-refractivity contribution in [3.8, 4) is 0 Å². The third kappa shape index (κ3) is 7.98. The molecule has 2 heterocycles. The van der Waals surface area contributed by atoms with Crippen LogP contribution < -0.4 is 5.32 Å². The van der Waals surface area contributed by atoms with Gasteiger partial charge in [0.15, 0.2) is 0 Å². The summed E-state index contributed by atoms with van der Waals surface area (Å²) in [7, 11) is -3.94. The van der Waals surface area contributed by atoms with E-state index in [9.17, 15) is 22.8 Å². The fourth-order valence-electron chi connectivity index (χ4n) is 5.45. The average Bonchev–Trinajstić information content (AvgIpc) is 3.38. The highest BCUT2D eigenvalue weighted by atomic mass is 79.9. The molecule has 0 aliphatic carbocycles. The number of benzene rings is 2. The van der Waals surface area contributed by atoms with Gasteiger partial charge in [-0.1, -0.05) is 40.2 Å². The topological polar surface area (TPSA) is 137 Å². The number of hydrogen-bond donors (Lipinski definition) is 1. The molecule has 0 bridgehead atoms. The maximum absolute atomic E-state index is 13.6. The number of nitrogens with one attached hydrogen (secondary N) is 1. The molecule has 0 radical (unpaired) electrons. The van der Waals surface area contributed by atoms with Gasteiger partial charge in [-0.25, -0.2) is 27.1 Å². The number of para-hydroxylation sites is 2. The first-order valence-electron chi connectivity index (χ1n) is 15.1. The van der Waals surface area contributed by atoms with Crippen LogP contribution in [0, 0.1) is 0 Å². The molecule has 1 N–H and O–H groups in total. The number of fused-ring (bicyclic) bond motifs is 1. The summed E-state index contributed by atoms with van der Waals surface area (Å²) in [6.45, 7) is 15.6. The van der Waals surface area contributed by atoms with Crippen LogP contribution in [-0.2, 0) is 35.5 Å². The lowest BCUT2D eigenvalue weighted by Crippen LogP contribution is -2.45. The summed E-state index contributed by atoms with van der Waals surface area (Å²) in [4.78, 5) is 43.9. The zero-order chi connectivity index (χ0) is 34.4. The fraction of sp³-hybridized carbons (Fsp3) is 0.515. The van der Waals surface area contributed by atoms with Crippen molar-refractivity contribution in [2.45, 2.75) is 103 Å². The van der Waals surface area contributed by atoms with E-state index in [0.717, 1.165) is 9.87 Å². The minimum atomic E-state index is -3.94. The molecule has 3 aromatic rings. The van der Waals surface area contributed by atoms with Crippen LogP contribution in [0.5, 0.6) is 0 Å². The number of carbonyl (C=O) groups is 3. The Morgan fingerprint density at radius 3 is 2.20 bits per heavy atom. The summed E-state index contributed by atoms with van der Waals surface area (Å²) in [5, 5.41) is 2.20. The lowest BCUT2D eigenvalue weighted by molar-refractivity contribution is -0.153. The van der Waals surface area contributed by atoms with E-state index in [1.165, 1.54) is 4.57 Å². The zero-order valence-corrected chi connectivity index (χ0v) is 30.2. The Kier molecular flexibility index (Phi) is 9.84. The van der Waals surface area contributed by atoms with Crippen LogP contribution >= 0.6 is 15.9 Å². The maximum atomic E-state index is 13.6. The van der Waals surface area contributed by atoms with E-state index in [1.54, 1.807) is 98.7 Å². The van der Waals surface area contributed by atoms with Gasteiger partial charge >= 0.3 is 12.1 Å². The Balaban J connectivity index is 1.74. The molecule has 2 atom stereocenters. The Labute approximate surface area is 279 Å². The highest BCUT2D eigenvalue weighted by Gasteiger charge is 2.50. The van der Waals surface area contributed by atoms with Gasteiger partial charge in [-0.3, -0.25) is 14.9 Å². The van der Waals surface area contributed by atoms with E-state index in [1.807, 2.05) is 6.07 Å². The van der Waals surface area contributed by atoms with Gasteiger partial charge in [-0.15, -0.1) is 0 Å². The second-order valence-electron chi connectivity index (χ2n) is 14.4. The number of ether oxygens (including phenoxy) is 2. The summed E-state index contributed by atoms with van der Waals surface area (Å²) in [6, 6.07) is 11.8. The number of hydrogen-bond acceptors (Lipinski definition) is 9. The number of rotatable bonds is 7. The molecule has 2 aromatic carbocycles.